The summed E-state index contributed by atoms with van der Waals surface area (Å²) in [6.45, 7) is 12.1. The molecule has 1 saturated heterocycles. The van der Waals surface area contributed by atoms with Gasteiger partial charge in [0.05, 0.1) is 45.5 Å². The quantitative estimate of drug-likeness (QED) is 0.0554. The molecule has 7 aliphatic heterocycles. The smallest absolute Gasteiger partial charge is 0.366 e. The number of alkyl halides is 3. The number of amides is 3. The van der Waals surface area contributed by atoms with Crippen LogP contribution in [-0.2, 0) is 54.4 Å². The molecule has 1 aromatic heterocycles. The fourth-order valence-corrected chi connectivity index (χ4v) is 14.3. The number of aromatic nitrogens is 1. The van der Waals surface area contributed by atoms with Gasteiger partial charge >= 0.3 is 12.2 Å². The van der Waals surface area contributed by atoms with Crippen molar-refractivity contribution in [3.63, 3.8) is 0 Å². The first-order chi connectivity index (χ1) is 38.6. The molecule has 5 aromatic rings. The third kappa shape index (κ3) is 10.1. The summed E-state index contributed by atoms with van der Waals surface area (Å²) in [7, 11) is -4.37. The lowest BCUT2D eigenvalue weighted by molar-refractivity contribution is -0.445. The van der Waals surface area contributed by atoms with Crippen molar-refractivity contribution in [3.8, 4) is 11.3 Å². The largest absolute Gasteiger partial charge is 0.416 e. The van der Waals surface area contributed by atoms with E-state index in [-0.39, 0.29) is 46.3 Å². The highest BCUT2D eigenvalue weighted by Crippen LogP contribution is 2.55. The van der Waals surface area contributed by atoms with E-state index in [9.17, 15) is 40.5 Å². The zero-order chi connectivity index (χ0) is 56.8. The number of rotatable bonds is 14. The fraction of sp³-hybridized carbons (Fsp3) is 0.413. The van der Waals surface area contributed by atoms with Crippen LogP contribution in [0.2, 0.25) is 0 Å². The second-order valence-electron chi connectivity index (χ2n) is 23.8. The lowest BCUT2D eigenvalue weighted by atomic mass is 9.74. The molecule has 4 aromatic carbocycles. The summed E-state index contributed by atoms with van der Waals surface area (Å²) in [5.41, 5.74) is 10.9. The van der Waals surface area contributed by atoms with Crippen molar-refractivity contribution in [1.82, 2.24) is 10.3 Å². The first-order valence-corrected chi connectivity index (χ1v) is 29.8. The van der Waals surface area contributed by atoms with Gasteiger partial charge in [0.1, 0.15) is 5.78 Å². The van der Waals surface area contributed by atoms with Crippen molar-refractivity contribution < 1.29 is 49.8 Å². The van der Waals surface area contributed by atoms with E-state index in [1.165, 1.54) is 29.0 Å². The van der Waals surface area contributed by atoms with Gasteiger partial charge in [-0.1, -0.05) is 63.1 Å². The number of pyridine rings is 1. The van der Waals surface area contributed by atoms with Gasteiger partial charge in [0.15, 0.2) is 18.1 Å². The minimum absolute atomic E-state index is 0.0518. The number of nitrogens with zero attached hydrogens (tertiary/aromatic N) is 5. The van der Waals surface area contributed by atoms with Crippen molar-refractivity contribution >= 4 is 62.1 Å². The van der Waals surface area contributed by atoms with Crippen LogP contribution in [0.4, 0.5) is 46.5 Å². The van der Waals surface area contributed by atoms with Gasteiger partial charge in [0, 0.05) is 103 Å². The van der Waals surface area contributed by atoms with Crippen LogP contribution in [0.5, 0.6) is 0 Å². The van der Waals surface area contributed by atoms with Crippen LogP contribution < -0.4 is 25.3 Å². The average molecular weight is 1120 g/mol. The summed E-state index contributed by atoms with van der Waals surface area (Å²) in [5, 5.41) is 5.99. The van der Waals surface area contributed by atoms with Crippen LogP contribution in [0, 0.1) is 0 Å². The number of allylic oxidation sites excluding steroid dienone is 1. The fourth-order valence-electron chi connectivity index (χ4n) is 13.7. The SMILES string of the molecule is CC1(C)C2=C3C=C4C5=[N+](CCC4OC3CCN2c2ccc(CC(=O)CCCCCCC(=O)NCc3ccc(NC(=O)N4c6nc(-c7cccc(C(F)(F)F)c7)ccc6N6CCC[C@H]4C6)cc3)cc21)c1ccc(S(=O)(=O)O)cc1C5(C)C. The molecular weight excluding hydrogens is 1060 g/mol. The Bertz CT molecular complexity index is 3630. The van der Waals surface area contributed by atoms with E-state index in [0.717, 1.165) is 122 Å². The molecule has 0 aliphatic carbocycles. The summed E-state index contributed by atoms with van der Waals surface area (Å²) < 4.78 is 84.2. The zero-order valence-corrected chi connectivity index (χ0v) is 46.9. The van der Waals surface area contributed by atoms with E-state index < -0.39 is 27.3 Å². The lowest BCUT2D eigenvalue weighted by Crippen LogP contribution is -2.56. The molecule has 1 fully saturated rings. The number of unbranched alkanes of at least 4 members (excludes halogenated alkanes) is 3. The molecule has 3 N–H and O–H groups in total. The molecule has 12 rings (SSSR count). The molecule has 3 amide bonds. The van der Waals surface area contributed by atoms with E-state index in [1.54, 1.807) is 41.3 Å². The van der Waals surface area contributed by atoms with Gasteiger partial charge in [-0.25, -0.2) is 9.78 Å². The van der Waals surface area contributed by atoms with Crippen LogP contribution in [-0.4, -0.2) is 90.4 Å². The second kappa shape index (κ2) is 20.7. The highest BCUT2D eigenvalue weighted by Gasteiger charge is 2.55. The summed E-state index contributed by atoms with van der Waals surface area (Å²) in [6.07, 6.45) is 5.34. The number of Topliss-reactive ketones (excluding diaryl/α,β-unsaturated/α-hetero) is 1. The standard InChI is InChI=1S/C63H66F3N7O7S/c1-61(2)48-32-39(18-23-51(48)71-29-26-54-46(57(61)71)35-47-55(80-54)27-30-72-52-24-21-45(81(77,78)79)34-49(52)62(3,4)58(47)72)31-44(74)14-7-5-6-8-15-56(75)67-36-38-16-19-42(20-17-38)68-60(76)73-43-13-10-28-70(37-43)53-25-22-50(69-59(53)73)40-11-9-12-41(33-40)63(64,65)66/h9,11-12,16-25,32-35,43,54-55H,5-8,10,13-15,26-31,36-37H2,1-4H3,(H2-,67,68,75,76,77,78,79)/p+1/t43-,54?,55?/m0/s1. The van der Waals surface area contributed by atoms with Crippen LogP contribution in [0.3, 0.4) is 0 Å². The van der Waals surface area contributed by atoms with Gasteiger partial charge in [-0.2, -0.15) is 26.2 Å². The summed E-state index contributed by atoms with van der Waals surface area (Å²) >= 11 is 0. The Morgan fingerprint density at radius 3 is 2.36 bits per heavy atom. The Hall–Kier alpha value is -7.15. The van der Waals surface area contributed by atoms with E-state index in [1.807, 2.05) is 18.2 Å². The Morgan fingerprint density at radius 2 is 1.58 bits per heavy atom. The van der Waals surface area contributed by atoms with E-state index in [0.29, 0.717) is 61.5 Å². The molecular formula is C63H67F3N7O7S+. The summed E-state index contributed by atoms with van der Waals surface area (Å²) in [4.78, 5) is 51.2. The predicted molar refractivity (Wildman–Crippen MR) is 305 cm³/mol. The number of nitrogens with one attached hydrogen (secondary N) is 2. The zero-order valence-electron chi connectivity index (χ0n) is 46.0. The van der Waals surface area contributed by atoms with Crippen molar-refractivity contribution in [3.05, 3.63) is 148 Å². The molecule has 81 heavy (non-hydrogen) atoms. The van der Waals surface area contributed by atoms with E-state index >= 15 is 0 Å². The monoisotopic (exact) mass is 1120 g/mol. The molecule has 8 heterocycles. The maximum atomic E-state index is 14.0. The molecule has 422 valence electrons. The number of anilines is 4. The van der Waals surface area contributed by atoms with Crippen LogP contribution in [0.15, 0.2) is 125 Å². The van der Waals surface area contributed by atoms with Gasteiger partial charge in [0.25, 0.3) is 10.1 Å². The second-order valence-corrected chi connectivity index (χ2v) is 25.2. The van der Waals surface area contributed by atoms with Gasteiger partial charge < -0.3 is 25.2 Å². The number of hydrogen-bond donors (Lipinski definition) is 3. The highest BCUT2D eigenvalue weighted by atomic mass is 32.2. The molecule has 0 radical (unpaired) electrons. The predicted octanol–water partition coefficient (Wildman–Crippen LogP) is 11.7. The molecule has 3 atom stereocenters. The number of carbonyl (C=O) groups excluding carboxylic acids is 3. The number of ether oxygens (including phenoxy) is 1. The van der Waals surface area contributed by atoms with Crippen LogP contribution in [0.1, 0.15) is 120 Å². The molecule has 18 heteroatoms. The number of carbonyl (C=O) groups is 3. The maximum Gasteiger partial charge on any atom is 0.416 e. The summed E-state index contributed by atoms with van der Waals surface area (Å²) in [6, 6.07) is 26.6. The number of hydrogen-bond acceptors (Lipinski definition) is 9. The first kappa shape index (κ1) is 54.4. The van der Waals surface area contributed by atoms with Gasteiger partial charge in [-0.3, -0.25) is 19.0 Å². The van der Waals surface area contributed by atoms with Gasteiger partial charge in [-0.05, 0) is 123 Å². The molecule has 0 saturated carbocycles. The number of ketones is 1. The van der Waals surface area contributed by atoms with E-state index in [4.69, 9.17) is 9.72 Å². The maximum absolute atomic E-state index is 14.0. The Morgan fingerprint density at radius 1 is 0.815 bits per heavy atom. The van der Waals surface area contributed by atoms with Gasteiger partial charge in [-0.15, -0.1) is 0 Å². The third-order valence-electron chi connectivity index (χ3n) is 17.7. The van der Waals surface area contributed by atoms with E-state index in [2.05, 4.69) is 77.0 Å². The van der Waals surface area contributed by atoms with Gasteiger partial charge in [0.2, 0.25) is 11.6 Å². The molecule has 0 spiro atoms. The van der Waals surface area contributed by atoms with Crippen molar-refractivity contribution in [2.24, 2.45) is 0 Å². The number of halogens is 3. The van der Waals surface area contributed by atoms with Crippen molar-refractivity contribution in [1.29, 1.82) is 0 Å². The Kier molecular flexibility index (Phi) is 13.9. The molecule has 2 bridgehead atoms. The minimum Gasteiger partial charge on any atom is -0.366 e. The minimum atomic E-state index is -4.50. The average Bonchev–Trinajstić information content (AvgIpc) is 2.37. The van der Waals surface area contributed by atoms with Crippen LogP contribution >= 0.6 is 0 Å². The molecule has 2 unspecified atom stereocenters. The van der Waals surface area contributed by atoms with Crippen molar-refractivity contribution in [2.75, 3.05) is 46.2 Å². The highest BCUT2D eigenvalue weighted by molar-refractivity contribution is 7.85. The number of fused-ring (bicyclic) bond motifs is 12. The Balaban J connectivity index is 0.609. The molecule has 7 aliphatic rings. The first-order valence-electron chi connectivity index (χ1n) is 28.3. The number of benzene rings is 4. The Labute approximate surface area is 470 Å². The lowest BCUT2D eigenvalue weighted by Gasteiger charge is -2.45. The summed E-state index contributed by atoms with van der Waals surface area (Å²) in [5.74, 6) is 0.537. The normalized spacial score (nSPS) is 21.0. The van der Waals surface area contributed by atoms with Crippen molar-refractivity contribution in [2.45, 2.75) is 145 Å². The van der Waals surface area contributed by atoms with Crippen LogP contribution in [0.25, 0.3) is 11.3 Å². The molecule has 14 nitrogen and oxygen atoms in total. The third-order valence-corrected chi connectivity index (χ3v) is 18.5. The number of urea groups is 1. The number of piperidine rings is 1. The topological polar surface area (TPSA) is 164 Å².